The summed E-state index contributed by atoms with van der Waals surface area (Å²) < 4.78 is 13.8. The number of anilines is 2. The molecule has 12 nitrogen and oxygen atoms in total. The summed E-state index contributed by atoms with van der Waals surface area (Å²) >= 11 is 0. The van der Waals surface area contributed by atoms with Crippen molar-refractivity contribution in [1.29, 1.82) is 0 Å². The first-order valence-electron chi connectivity index (χ1n) is 15.4. The summed E-state index contributed by atoms with van der Waals surface area (Å²) in [7, 11) is 0. The number of H-pyrrole nitrogens is 1. The molecule has 13 heteroatoms. The maximum absolute atomic E-state index is 13.8. The van der Waals surface area contributed by atoms with Gasteiger partial charge < -0.3 is 20.9 Å². The first kappa shape index (κ1) is 31.4. The van der Waals surface area contributed by atoms with Gasteiger partial charge in [-0.3, -0.25) is 39.0 Å². The number of aromatic nitrogens is 1. The SMILES string of the molecule is Cc1[nH]c(/C=C2\C(=O)Nc3ccc(F)cc32)c(C)c1C(=O)NCCCCCNc1ccc2c(c1)C(=O)N(C1CCC(=O)NC1=O)C2=O. The van der Waals surface area contributed by atoms with Crippen molar-refractivity contribution < 1.29 is 33.2 Å². The molecule has 2 aromatic carbocycles. The van der Waals surface area contributed by atoms with Crippen LogP contribution >= 0.6 is 0 Å². The van der Waals surface area contributed by atoms with Gasteiger partial charge in [0.15, 0.2) is 0 Å². The molecule has 47 heavy (non-hydrogen) atoms. The van der Waals surface area contributed by atoms with Crippen LogP contribution in [0.15, 0.2) is 36.4 Å². The van der Waals surface area contributed by atoms with Crippen LogP contribution < -0.4 is 21.3 Å². The maximum Gasteiger partial charge on any atom is 0.262 e. The molecule has 1 saturated heterocycles. The molecular formula is C34H33FN6O6. The second kappa shape index (κ2) is 12.7. The van der Waals surface area contributed by atoms with E-state index in [0.29, 0.717) is 58.1 Å². The van der Waals surface area contributed by atoms with Crippen LogP contribution in [0.4, 0.5) is 15.8 Å². The highest BCUT2D eigenvalue weighted by Crippen LogP contribution is 2.34. The van der Waals surface area contributed by atoms with Gasteiger partial charge in [-0.2, -0.15) is 0 Å². The zero-order chi connectivity index (χ0) is 33.4. The standard InChI is InChI=1S/C34H33FN6O6/c1-17-26(16-23-22-14-19(35)6-9-25(22)39-30(23)43)38-18(2)29(17)32(45)37-13-5-3-4-12-36-20-7-8-21-24(15-20)34(47)41(33(21)46)27-10-11-28(42)40-31(27)44/h6-9,14-16,27,36,38H,3-5,10-13H2,1-2H3,(H,37,45)(H,39,43)(H,40,42,44)/b23-16-. The zero-order valence-electron chi connectivity index (χ0n) is 25.8. The van der Waals surface area contributed by atoms with Crippen LogP contribution in [0.2, 0.25) is 0 Å². The third-order valence-electron chi connectivity index (χ3n) is 8.66. The summed E-state index contributed by atoms with van der Waals surface area (Å²) in [5.41, 5.74) is 4.86. The van der Waals surface area contributed by atoms with Gasteiger partial charge in [0.1, 0.15) is 11.9 Å². The number of benzene rings is 2. The van der Waals surface area contributed by atoms with Gasteiger partial charge in [0, 0.05) is 47.8 Å². The Balaban J connectivity index is 0.973. The molecule has 4 heterocycles. The summed E-state index contributed by atoms with van der Waals surface area (Å²) in [5, 5.41) is 11.1. The minimum absolute atomic E-state index is 0.0617. The number of aryl methyl sites for hydroxylation is 1. The Labute approximate surface area is 269 Å². The number of hydrogen-bond acceptors (Lipinski definition) is 7. The summed E-state index contributed by atoms with van der Waals surface area (Å²) in [6.45, 7) is 4.64. The topological polar surface area (TPSA) is 170 Å². The molecule has 3 aliphatic rings. The van der Waals surface area contributed by atoms with E-state index in [9.17, 15) is 33.2 Å². The van der Waals surface area contributed by atoms with Gasteiger partial charge >= 0.3 is 0 Å². The zero-order valence-corrected chi connectivity index (χ0v) is 25.8. The highest BCUT2D eigenvalue weighted by atomic mass is 19.1. The number of rotatable bonds is 10. The largest absolute Gasteiger partial charge is 0.385 e. The van der Waals surface area contributed by atoms with Crippen LogP contribution in [0.1, 0.15) is 85.7 Å². The van der Waals surface area contributed by atoms with Gasteiger partial charge in [-0.1, -0.05) is 0 Å². The Bertz CT molecular complexity index is 1900. The highest BCUT2D eigenvalue weighted by molar-refractivity contribution is 6.35. The number of imide groups is 2. The Hall–Kier alpha value is -5.59. The number of fused-ring (bicyclic) bond motifs is 2. The summed E-state index contributed by atoms with van der Waals surface area (Å²) in [5.74, 6) is -3.19. The molecule has 0 bridgehead atoms. The molecule has 5 N–H and O–H groups in total. The Morgan fingerprint density at radius 2 is 1.70 bits per heavy atom. The van der Waals surface area contributed by atoms with Crippen molar-refractivity contribution in [3.8, 4) is 0 Å². The monoisotopic (exact) mass is 640 g/mol. The van der Waals surface area contributed by atoms with E-state index in [0.717, 1.165) is 24.2 Å². The Morgan fingerprint density at radius 1 is 0.936 bits per heavy atom. The number of nitrogens with one attached hydrogen (secondary N) is 5. The predicted molar refractivity (Wildman–Crippen MR) is 171 cm³/mol. The number of nitrogens with zero attached hydrogens (tertiary/aromatic N) is 1. The van der Waals surface area contributed by atoms with Crippen molar-refractivity contribution in [2.45, 2.75) is 52.0 Å². The quantitative estimate of drug-likeness (QED) is 0.128. The fourth-order valence-electron chi connectivity index (χ4n) is 6.24. The number of hydrogen-bond donors (Lipinski definition) is 5. The molecule has 0 radical (unpaired) electrons. The van der Waals surface area contributed by atoms with E-state index in [4.69, 9.17) is 0 Å². The second-order valence-corrected chi connectivity index (χ2v) is 11.8. The van der Waals surface area contributed by atoms with Crippen molar-refractivity contribution in [1.82, 2.24) is 20.5 Å². The lowest BCUT2D eigenvalue weighted by Crippen LogP contribution is -2.54. The van der Waals surface area contributed by atoms with E-state index >= 15 is 0 Å². The van der Waals surface area contributed by atoms with Crippen molar-refractivity contribution in [2.75, 3.05) is 23.7 Å². The number of amides is 6. The minimum Gasteiger partial charge on any atom is -0.385 e. The predicted octanol–water partition coefficient (Wildman–Crippen LogP) is 3.68. The normalized spacial score (nSPS) is 17.9. The molecule has 6 rings (SSSR count). The number of aromatic amines is 1. The van der Waals surface area contributed by atoms with Crippen LogP contribution in [0.3, 0.4) is 0 Å². The minimum atomic E-state index is -1.01. The molecule has 0 aliphatic carbocycles. The molecule has 1 unspecified atom stereocenters. The first-order valence-corrected chi connectivity index (χ1v) is 15.4. The van der Waals surface area contributed by atoms with E-state index in [1.165, 1.54) is 18.2 Å². The number of piperidine rings is 1. The van der Waals surface area contributed by atoms with Gasteiger partial charge in [0.2, 0.25) is 11.8 Å². The summed E-state index contributed by atoms with van der Waals surface area (Å²) in [6.07, 6.45) is 4.12. The maximum atomic E-state index is 13.8. The van der Waals surface area contributed by atoms with Gasteiger partial charge in [-0.15, -0.1) is 0 Å². The highest BCUT2D eigenvalue weighted by Gasteiger charge is 2.44. The number of carbonyl (C=O) groups excluding carboxylic acids is 6. The van der Waals surface area contributed by atoms with Crippen molar-refractivity contribution in [2.24, 2.45) is 0 Å². The van der Waals surface area contributed by atoms with E-state index < -0.39 is 35.5 Å². The fraction of sp³-hybridized carbons (Fsp3) is 0.294. The van der Waals surface area contributed by atoms with Gasteiger partial charge in [0.05, 0.1) is 22.3 Å². The fourth-order valence-corrected chi connectivity index (χ4v) is 6.24. The third-order valence-corrected chi connectivity index (χ3v) is 8.66. The van der Waals surface area contributed by atoms with Gasteiger partial charge in [-0.25, -0.2) is 4.39 Å². The number of carbonyl (C=O) groups is 6. The average Bonchev–Trinajstić information content (AvgIpc) is 3.59. The van der Waals surface area contributed by atoms with Crippen LogP contribution in [-0.4, -0.2) is 64.5 Å². The molecule has 1 atom stereocenters. The van der Waals surface area contributed by atoms with E-state index in [1.54, 1.807) is 38.1 Å². The molecule has 3 aromatic rings. The van der Waals surface area contributed by atoms with Crippen LogP contribution in [0.25, 0.3) is 11.6 Å². The van der Waals surface area contributed by atoms with Gasteiger partial charge in [0.25, 0.3) is 23.6 Å². The van der Waals surface area contributed by atoms with E-state index in [1.807, 2.05) is 0 Å². The number of halogens is 1. The van der Waals surface area contributed by atoms with E-state index in [2.05, 4.69) is 26.3 Å². The van der Waals surface area contributed by atoms with Crippen molar-refractivity contribution in [3.63, 3.8) is 0 Å². The molecule has 1 aromatic heterocycles. The second-order valence-electron chi connectivity index (χ2n) is 11.8. The Kier molecular flexibility index (Phi) is 8.46. The molecule has 0 spiro atoms. The summed E-state index contributed by atoms with van der Waals surface area (Å²) in [4.78, 5) is 79.3. The molecule has 0 saturated carbocycles. The van der Waals surface area contributed by atoms with Crippen LogP contribution in [0.5, 0.6) is 0 Å². The molecular weight excluding hydrogens is 607 g/mol. The van der Waals surface area contributed by atoms with Gasteiger partial charge in [-0.05, 0) is 87.6 Å². The molecule has 6 amide bonds. The van der Waals surface area contributed by atoms with Crippen molar-refractivity contribution in [3.05, 3.63) is 81.4 Å². The van der Waals surface area contributed by atoms with Crippen LogP contribution in [-0.2, 0) is 14.4 Å². The summed E-state index contributed by atoms with van der Waals surface area (Å²) in [6, 6.07) is 7.97. The smallest absolute Gasteiger partial charge is 0.262 e. The lowest BCUT2D eigenvalue weighted by Gasteiger charge is -2.27. The molecule has 3 aliphatic heterocycles. The lowest BCUT2D eigenvalue weighted by molar-refractivity contribution is -0.136. The van der Waals surface area contributed by atoms with Crippen LogP contribution in [0, 0.1) is 19.7 Å². The lowest BCUT2D eigenvalue weighted by atomic mass is 10.0. The average molecular weight is 641 g/mol. The third kappa shape index (κ3) is 6.03. The van der Waals surface area contributed by atoms with E-state index in [-0.39, 0.29) is 35.8 Å². The van der Waals surface area contributed by atoms with Crippen molar-refractivity contribution >= 4 is 58.5 Å². The first-order chi connectivity index (χ1) is 22.5. The molecule has 1 fully saturated rings. The molecule has 242 valence electrons. The number of unbranched alkanes of at least 4 members (excludes halogenated alkanes) is 2. The Morgan fingerprint density at radius 3 is 2.49 bits per heavy atom.